The topological polar surface area (TPSA) is 45.2 Å². The van der Waals surface area contributed by atoms with Crippen molar-refractivity contribution in [1.29, 1.82) is 0 Å². The normalized spacial score (nSPS) is 20.0. The van der Waals surface area contributed by atoms with E-state index < -0.39 is 0 Å². The van der Waals surface area contributed by atoms with Crippen LogP contribution in [0.5, 0.6) is 0 Å². The Kier molecular flexibility index (Phi) is 4.61. The number of urea groups is 1. The van der Waals surface area contributed by atoms with Gasteiger partial charge in [0.2, 0.25) is 0 Å². The minimum atomic E-state index is -0.176. The largest absolute Gasteiger partial charge is 0.331 e. The molecule has 1 aromatic heterocycles. The van der Waals surface area contributed by atoms with Crippen LogP contribution >= 0.6 is 11.3 Å². The Labute approximate surface area is 139 Å². The number of carbonyl (C=O) groups is 1. The Hall–Kier alpha value is -1.95. The molecule has 1 aliphatic carbocycles. The van der Waals surface area contributed by atoms with Gasteiger partial charge in [-0.3, -0.25) is 0 Å². The highest BCUT2D eigenvalue weighted by atomic mass is 32.1. The fourth-order valence-corrected chi connectivity index (χ4v) is 3.71. The van der Waals surface area contributed by atoms with Crippen LogP contribution in [0.25, 0.3) is 0 Å². The number of amides is 2. The quantitative estimate of drug-likeness (QED) is 0.930. The summed E-state index contributed by atoms with van der Waals surface area (Å²) in [4.78, 5) is 18.3. The Morgan fingerprint density at radius 3 is 3.09 bits per heavy atom. The van der Waals surface area contributed by atoms with E-state index in [0.717, 1.165) is 29.0 Å². The first-order valence-corrected chi connectivity index (χ1v) is 8.61. The molecule has 0 bridgehead atoms. The minimum absolute atomic E-state index is 0.152. The van der Waals surface area contributed by atoms with Gasteiger partial charge in [-0.2, -0.15) is 0 Å². The van der Waals surface area contributed by atoms with Gasteiger partial charge in [0, 0.05) is 18.6 Å². The van der Waals surface area contributed by atoms with Gasteiger partial charge in [0.25, 0.3) is 0 Å². The molecule has 1 N–H and O–H groups in total. The maximum Gasteiger partial charge on any atom is 0.318 e. The highest BCUT2D eigenvalue weighted by Gasteiger charge is 2.30. The number of halogens is 1. The number of nitrogens with one attached hydrogen (secondary N) is 1. The Morgan fingerprint density at radius 2 is 2.35 bits per heavy atom. The second kappa shape index (κ2) is 6.66. The number of hydrogen-bond donors (Lipinski definition) is 1. The van der Waals surface area contributed by atoms with Crippen molar-refractivity contribution in [3.63, 3.8) is 0 Å². The molecule has 1 aromatic carbocycles. The fourth-order valence-electron chi connectivity index (χ4n) is 3.04. The summed E-state index contributed by atoms with van der Waals surface area (Å²) >= 11 is 1.52. The number of aromatic nitrogens is 1. The van der Waals surface area contributed by atoms with Gasteiger partial charge < -0.3 is 10.2 Å². The summed E-state index contributed by atoms with van der Waals surface area (Å²) in [5, 5.41) is 5.85. The van der Waals surface area contributed by atoms with E-state index in [2.05, 4.69) is 17.2 Å². The first-order chi connectivity index (χ1) is 11.1. The van der Waals surface area contributed by atoms with Crippen LogP contribution in [0.15, 0.2) is 29.8 Å². The van der Waals surface area contributed by atoms with E-state index in [4.69, 9.17) is 0 Å². The van der Waals surface area contributed by atoms with Crippen LogP contribution in [-0.2, 0) is 13.0 Å². The minimum Gasteiger partial charge on any atom is -0.331 e. The van der Waals surface area contributed by atoms with E-state index in [1.54, 1.807) is 24.2 Å². The summed E-state index contributed by atoms with van der Waals surface area (Å²) in [6.45, 7) is 2.57. The van der Waals surface area contributed by atoms with Crippen molar-refractivity contribution >= 4 is 17.4 Å². The first kappa shape index (κ1) is 15.9. The fraction of sp³-hybridized carbons (Fsp3) is 0.412. The molecule has 3 rings (SSSR count). The molecule has 2 amide bonds. The van der Waals surface area contributed by atoms with Gasteiger partial charge in [0.1, 0.15) is 10.8 Å². The van der Waals surface area contributed by atoms with E-state index >= 15 is 0 Å². The number of rotatable bonds is 3. The maximum atomic E-state index is 14.0. The molecule has 0 saturated heterocycles. The maximum absolute atomic E-state index is 14.0. The smallest absolute Gasteiger partial charge is 0.318 e. The van der Waals surface area contributed by atoms with Crippen LogP contribution in [0.1, 0.15) is 35.5 Å². The standard InChI is InChI=1S/C17H20FN3OS/c1-11-6-7-12-13(4-3-5-14(12)18)16(11)20-17(22)21(2)10-15-19-8-9-23-15/h3-5,8-9,11,16H,6-7,10H2,1-2H3,(H,20,22)/t11-,16+/m0/s1. The van der Waals surface area contributed by atoms with Crippen LogP contribution in [0.3, 0.4) is 0 Å². The summed E-state index contributed by atoms with van der Waals surface area (Å²) in [7, 11) is 1.75. The van der Waals surface area contributed by atoms with E-state index in [-0.39, 0.29) is 23.8 Å². The average Bonchev–Trinajstić information content (AvgIpc) is 3.03. The Balaban J connectivity index is 1.74. The van der Waals surface area contributed by atoms with Crippen molar-refractivity contribution in [2.75, 3.05) is 7.05 Å². The predicted octanol–water partition coefficient (Wildman–Crippen LogP) is 3.75. The molecule has 0 radical (unpaired) electrons. The van der Waals surface area contributed by atoms with E-state index in [1.165, 1.54) is 17.4 Å². The second-order valence-electron chi connectivity index (χ2n) is 6.03. The molecule has 0 aliphatic heterocycles. The predicted molar refractivity (Wildman–Crippen MR) is 88.7 cm³/mol. The zero-order chi connectivity index (χ0) is 16.4. The number of hydrogen-bond acceptors (Lipinski definition) is 3. The molecule has 0 spiro atoms. The zero-order valence-electron chi connectivity index (χ0n) is 13.3. The molecule has 23 heavy (non-hydrogen) atoms. The average molecular weight is 333 g/mol. The lowest BCUT2D eigenvalue weighted by atomic mass is 9.80. The molecule has 1 heterocycles. The lowest BCUT2D eigenvalue weighted by Crippen LogP contribution is -2.42. The summed E-state index contributed by atoms with van der Waals surface area (Å²) < 4.78 is 14.0. The van der Waals surface area contributed by atoms with Crippen molar-refractivity contribution < 1.29 is 9.18 Å². The highest BCUT2D eigenvalue weighted by Crippen LogP contribution is 2.35. The van der Waals surface area contributed by atoms with Crippen LogP contribution in [0, 0.1) is 11.7 Å². The molecule has 6 heteroatoms. The third-order valence-corrected chi connectivity index (χ3v) is 5.15. The summed E-state index contributed by atoms with van der Waals surface area (Å²) in [6, 6.07) is 4.81. The first-order valence-electron chi connectivity index (χ1n) is 7.73. The van der Waals surface area contributed by atoms with Crippen LogP contribution in [0.2, 0.25) is 0 Å². The van der Waals surface area contributed by atoms with Gasteiger partial charge >= 0.3 is 6.03 Å². The zero-order valence-corrected chi connectivity index (χ0v) is 14.1. The molecule has 0 saturated carbocycles. The van der Waals surface area contributed by atoms with Crippen LogP contribution in [-0.4, -0.2) is 23.0 Å². The van der Waals surface area contributed by atoms with Gasteiger partial charge in [0.05, 0.1) is 12.6 Å². The lowest BCUT2D eigenvalue weighted by Gasteiger charge is -2.33. The number of fused-ring (bicyclic) bond motifs is 1. The summed E-state index contributed by atoms with van der Waals surface area (Å²) in [5.74, 6) is 0.103. The molecule has 0 unspecified atom stereocenters. The van der Waals surface area contributed by atoms with Crippen molar-refractivity contribution in [2.45, 2.75) is 32.4 Å². The Bertz CT molecular complexity index is 689. The van der Waals surface area contributed by atoms with Crippen molar-refractivity contribution in [3.8, 4) is 0 Å². The molecular weight excluding hydrogens is 313 g/mol. The number of thiazole rings is 1. The van der Waals surface area contributed by atoms with Gasteiger partial charge in [-0.15, -0.1) is 11.3 Å². The van der Waals surface area contributed by atoms with E-state index in [0.29, 0.717) is 6.54 Å². The van der Waals surface area contributed by atoms with Crippen molar-refractivity contribution in [3.05, 3.63) is 51.7 Å². The van der Waals surface area contributed by atoms with Gasteiger partial charge in [0.15, 0.2) is 0 Å². The van der Waals surface area contributed by atoms with Crippen molar-refractivity contribution in [1.82, 2.24) is 15.2 Å². The molecule has 1 aliphatic rings. The van der Waals surface area contributed by atoms with Crippen molar-refractivity contribution in [2.24, 2.45) is 5.92 Å². The van der Waals surface area contributed by atoms with Gasteiger partial charge in [-0.25, -0.2) is 14.2 Å². The van der Waals surface area contributed by atoms with Gasteiger partial charge in [-0.05, 0) is 36.0 Å². The molecule has 0 fully saturated rings. The summed E-state index contributed by atoms with van der Waals surface area (Å²) in [6.07, 6.45) is 3.33. The van der Waals surface area contributed by atoms with Crippen LogP contribution < -0.4 is 5.32 Å². The van der Waals surface area contributed by atoms with Crippen LogP contribution in [0.4, 0.5) is 9.18 Å². The molecule has 122 valence electrons. The molecule has 4 nitrogen and oxygen atoms in total. The third kappa shape index (κ3) is 3.37. The highest BCUT2D eigenvalue weighted by molar-refractivity contribution is 7.09. The molecule has 2 atom stereocenters. The van der Waals surface area contributed by atoms with E-state index in [1.807, 2.05) is 11.4 Å². The monoisotopic (exact) mass is 333 g/mol. The number of benzene rings is 1. The lowest BCUT2D eigenvalue weighted by molar-refractivity contribution is 0.195. The summed E-state index contributed by atoms with van der Waals surface area (Å²) in [5.41, 5.74) is 1.64. The van der Waals surface area contributed by atoms with Gasteiger partial charge in [-0.1, -0.05) is 19.1 Å². The van der Waals surface area contributed by atoms with E-state index in [9.17, 15) is 9.18 Å². The SMILES string of the molecule is C[C@H]1CCc2c(F)cccc2[C@@H]1NC(=O)N(C)Cc1nccs1. The number of nitrogens with zero attached hydrogens (tertiary/aromatic N) is 2. The third-order valence-electron chi connectivity index (χ3n) is 4.39. The molecular formula is C17H20FN3OS. The molecule has 2 aromatic rings. The second-order valence-corrected chi connectivity index (χ2v) is 7.01. The Morgan fingerprint density at radius 1 is 1.52 bits per heavy atom. The number of carbonyl (C=O) groups excluding carboxylic acids is 1.